The second-order valence-corrected chi connectivity index (χ2v) is 5.35. The van der Waals surface area contributed by atoms with Crippen LogP contribution in [0.15, 0.2) is 10.5 Å². The first-order valence-corrected chi connectivity index (χ1v) is 7.03. The number of hydrogen-bond donors (Lipinski definition) is 3. The van der Waals surface area contributed by atoms with Gasteiger partial charge in [-0.15, -0.1) is 0 Å². The fourth-order valence-corrected chi connectivity index (χ4v) is 2.60. The standard InChI is InChI=1S/C16H18N2O5/c1-7-13(9(3)19)8(2)18-14(7)15(20)17-6-11-5-12(16(21)22)10(4)23-11/h5,18H,6H2,1-4H3,(H,17,20)(H,21,22). The van der Waals surface area contributed by atoms with Crippen LogP contribution in [0.3, 0.4) is 0 Å². The Labute approximate surface area is 132 Å². The van der Waals surface area contributed by atoms with Crippen LogP contribution in [0.5, 0.6) is 0 Å². The molecule has 0 aliphatic heterocycles. The van der Waals surface area contributed by atoms with Gasteiger partial charge in [-0.25, -0.2) is 4.79 Å². The summed E-state index contributed by atoms with van der Waals surface area (Å²) < 4.78 is 5.30. The van der Waals surface area contributed by atoms with Crippen molar-refractivity contribution in [3.05, 3.63) is 45.7 Å². The average molecular weight is 318 g/mol. The van der Waals surface area contributed by atoms with Crippen molar-refractivity contribution in [1.29, 1.82) is 0 Å². The number of carboxylic acid groups (broad SMARTS) is 1. The highest BCUT2D eigenvalue weighted by molar-refractivity contribution is 6.02. The van der Waals surface area contributed by atoms with Crippen molar-refractivity contribution >= 4 is 17.7 Å². The Morgan fingerprint density at radius 1 is 1.26 bits per heavy atom. The van der Waals surface area contributed by atoms with Crippen molar-refractivity contribution in [2.75, 3.05) is 0 Å². The number of rotatable bonds is 5. The van der Waals surface area contributed by atoms with E-state index in [9.17, 15) is 14.4 Å². The van der Waals surface area contributed by atoms with Crippen LogP contribution in [0.2, 0.25) is 0 Å². The summed E-state index contributed by atoms with van der Waals surface area (Å²) >= 11 is 0. The van der Waals surface area contributed by atoms with Crippen LogP contribution < -0.4 is 5.32 Å². The van der Waals surface area contributed by atoms with Crippen LogP contribution in [0.1, 0.15) is 60.9 Å². The first kappa shape index (κ1) is 16.5. The summed E-state index contributed by atoms with van der Waals surface area (Å²) in [6.45, 7) is 6.49. The highest BCUT2D eigenvalue weighted by Crippen LogP contribution is 2.19. The number of carbonyl (C=O) groups excluding carboxylic acids is 2. The topological polar surface area (TPSA) is 112 Å². The smallest absolute Gasteiger partial charge is 0.339 e. The molecule has 0 atom stereocenters. The lowest BCUT2D eigenvalue weighted by Gasteiger charge is -2.03. The summed E-state index contributed by atoms with van der Waals surface area (Å²) in [7, 11) is 0. The molecule has 23 heavy (non-hydrogen) atoms. The quantitative estimate of drug-likeness (QED) is 0.733. The van der Waals surface area contributed by atoms with E-state index < -0.39 is 5.97 Å². The summed E-state index contributed by atoms with van der Waals surface area (Å²) in [6.07, 6.45) is 0. The number of aromatic nitrogens is 1. The molecule has 7 nitrogen and oxygen atoms in total. The Hall–Kier alpha value is -2.83. The molecule has 0 spiro atoms. The zero-order valence-electron chi connectivity index (χ0n) is 13.4. The predicted octanol–water partition coefficient (Wildman–Crippen LogP) is 2.36. The molecule has 0 radical (unpaired) electrons. The number of ketones is 1. The number of hydrogen-bond acceptors (Lipinski definition) is 4. The maximum Gasteiger partial charge on any atom is 0.339 e. The molecule has 2 heterocycles. The van der Waals surface area contributed by atoms with E-state index in [1.807, 2.05) is 0 Å². The monoisotopic (exact) mass is 318 g/mol. The van der Waals surface area contributed by atoms with E-state index >= 15 is 0 Å². The van der Waals surface area contributed by atoms with Gasteiger partial charge < -0.3 is 19.8 Å². The molecule has 0 aliphatic rings. The maximum atomic E-state index is 12.2. The van der Waals surface area contributed by atoms with Crippen LogP contribution in [0.25, 0.3) is 0 Å². The number of aromatic amines is 1. The van der Waals surface area contributed by atoms with Crippen molar-refractivity contribution in [2.24, 2.45) is 0 Å². The number of carboxylic acids is 1. The van der Waals surface area contributed by atoms with E-state index in [2.05, 4.69) is 10.3 Å². The van der Waals surface area contributed by atoms with E-state index in [4.69, 9.17) is 9.52 Å². The predicted molar refractivity (Wildman–Crippen MR) is 81.8 cm³/mol. The fourth-order valence-electron chi connectivity index (χ4n) is 2.60. The van der Waals surface area contributed by atoms with Gasteiger partial charge in [-0.3, -0.25) is 9.59 Å². The van der Waals surface area contributed by atoms with Crippen molar-refractivity contribution in [2.45, 2.75) is 34.2 Å². The zero-order chi connectivity index (χ0) is 17.3. The minimum Gasteiger partial charge on any atom is -0.478 e. The van der Waals surface area contributed by atoms with Gasteiger partial charge in [-0.05, 0) is 39.3 Å². The minimum atomic E-state index is -1.08. The lowest BCUT2D eigenvalue weighted by molar-refractivity contribution is 0.0694. The van der Waals surface area contributed by atoms with Crippen LogP contribution in [0, 0.1) is 20.8 Å². The second kappa shape index (κ2) is 6.12. The summed E-state index contributed by atoms with van der Waals surface area (Å²) in [5.74, 6) is -0.939. The van der Waals surface area contributed by atoms with Crippen molar-refractivity contribution in [1.82, 2.24) is 10.3 Å². The molecule has 0 saturated carbocycles. The molecule has 0 saturated heterocycles. The number of aromatic carboxylic acids is 1. The molecule has 3 N–H and O–H groups in total. The van der Waals surface area contributed by atoms with Gasteiger partial charge in [0.1, 0.15) is 22.8 Å². The van der Waals surface area contributed by atoms with Crippen LogP contribution in [-0.4, -0.2) is 27.8 Å². The van der Waals surface area contributed by atoms with E-state index in [1.165, 1.54) is 13.0 Å². The summed E-state index contributed by atoms with van der Waals surface area (Å²) in [5, 5.41) is 11.6. The van der Waals surface area contributed by atoms with Gasteiger partial charge in [-0.1, -0.05) is 0 Å². The number of aryl methyl sites for hydroxylation is 2. The van der Waals surface area contributed by atoms with Crippen LogP contribution in [-0.2, 0) is 6.54 Å². The normalized spacial score (nSPS) is 10.6. The van der Waals surface area contributed by atoms with Gasteiger partial charge in [0, 0.05) is 11.3 Å². The minimum absolute atomic E-state index is 0.0554. The molecule has 7 heteroatoms. The summed E-state index contributed by atoms with van der Waals surface area (Å²) in [5.41, 5.74) is 2.13. The van der Waals surface area contributed by atoms with Gasteiger partial charge in [0.15, 0.2) is 5.78 Å². The molecule has 2 aromatic heterocycles. The Bertz CT molecular complexity index is 798. The van der Waals surface area contributed by atoms with Crippen molar-refractivity contribution in [3.8, 4) is 0 Å². The van der Waals surface area contributed by atoms with Crippen LogP contribution >= 0.6 is 0 Å². The second-order valence-electron chi connectivity index (χ2n) is 5.35. The van der Waals surface area contributed by atoms with E-state index in [1.54, 1.807) is 20.8 Å². The Kier molecular flexibility index (Phi) is 4.40. The largest absolute Gasteiger partial charge is 0.478 e. The number of Topliss-reactive ketones (excluding diaryl/α,β-unsaturated/α-hetero) is 1. The van der Waals surface area contributed by atoms with E-state index in [0.29, 0.717) is 28.3 Å². The van der Waals surface area contributed by atoms with Gasteiger partial charge in [0.2, 0.25) is 0 Å². The van der Waals surface area contributed by atoms with Gasteiger partial charge >= 0.3 is 5.97 Å². The van der Waals surface area contributed by atoms with E-state index in [0.717, 1.165) is 0 Å². The Morgan fingerprint density at radius 2 is 1.91 bits per heavy atom. The zero-order valence-corrected chi connectivity index (χ0v) is 13.4. The molecule has 0 aliphatic carbocycles. The Morgan fingerprint density at radius 3 is 2.39 bits per heavy atom. The fraction of sp³-hybridized carbons (Fsp3) is 0.312. The Balaban J connectivity index is 2.14. The third-order valence-corrected chi connectivity index (χ3v) is 3.64. The molecule has 122 valence electrons. The SMILES string of the molecule is CC(=O)c1c(C)[nH]c(C(=O)NCc2cc(C(=O)O)c(C)o2)c1C. The molecular formula is C16H18N2O5. The molecule has 0 unspecified atom stereocenters. The molecule has 2 aromatic rings. The summed E-state index contributed by atoms with van der Waals surface area (Å²) in [4.78, 5) is 37.7. The number of nitrogens with one attached hydrogen (secondary N) is 2. The summed E-state index contributed by atoms with van der Waals surface area (Å²) in [6, 6.07) is 1.38. The number of carbonyl (C=O) groups is 3. The molecule has 0 aromatic carbocycles. The third kappa shape index (κ3) is 3.18. The van der Waals surface area contributed by atoms with Gasteiger partial charge in [0.05, 0.1) is 6.54 Å². The number of amides is 1. The van der Waals surface area contributed by atoms with E-state index in [-0.39, 0.29) is 29.6 Å². The maximum absolute atomic E-state index is 12.2. The average Bonchev–Trinajstić information content (AvgIpc) is 2.96. The van der Waals surface area contributed by atoms with Gasteiger partial charge in [0.25, 0.3) is 5.91 Å². The van der Waals surface area contributed by atoms with Gasteiger partial charge in [-0.2, -0.15) is 0 Å². The number of furan rings is 1. The lowest BCUT2D eigenvalue weighted by Crippen LogP contribution is -2.23. The van der Waals surface area contributed by atoms with Crippen molar-refractivity contribution in [3.63, 3.8) is 0 Å². The third-order valence-electron chi connectivity index (χ3n) is 3.64. The van der Waals surface area contributed by atoms with Crippen molar-refractivity contribution < 1.29 is 23.9 Å². The highest BCUT2D eigenvalue weighted by atomic mass is 16.4. The molecule has 0 fully saturated rings. The molecule has 2 rings (SSSR count). The molecule has 0 bridgehead atoms. The van der Waals surface area contributed by atoms with Crippen LogP contribution in [0.4, 0.5) is 0 Å². The molecule has 1 amide bonds. The first-order valence-electron chi connectivity index (χ1n) is 7.03. The highest BCUT2D eigenvalue weighted by Gasteiger charge is 2.20. The number of H-pyrrole nitrogens is 1. The lowest BCUT2D eigenvalue weighted by atomic mass is 10.1. The first-order chi connectivity index (χ1) is 10.7. The molecular weight excluding hydrogens is 300 g/mol.